The van der Waals surface area contributed by atoms with E-state index in [1.807, 2.05) is 31.2 Å². The van der Waals surface area contributed by atoms with Crippen molar-refractivity contribution in [3.63, 3.8) is 0 Å². The largest absolute Gasteiger partial charge is 0.355 e. The van der Waals surface area contributed by atoms with Crippen LogP contribution in [0.2, 0.25) is 0 Å². The highest BCUT2D eigenvalue weighted by atomic mass is 16.2. The van der Waals surface area contributed by atoms with Gasteiger partial charge < -0.3 is 15.5 Å². The summed E-state index contributed by atoms with van der Waals surface area (Å²) in [6.07, 6.45) is 2.42. The Morgan fingerprint density at radius 1 is 1.19 bits per heavy atom. The fourth-order valence-corrected chi connectivity index (χ4v) is 4.66. The molecule has 2 amide bonds. The third kappa shape index (κ3) is 2.34. The first-order valence-corrected chi connectivity index (χ1v) is 9.40. The molecule has 1 spiro atoms. The van der Waals surface area contributed by atoms with Crippen LogP contribution in [-0.4, -0.2) is 41.4 Å². The van der Waals surface area contributed by atoms with Gasteiger partial charge in [0.05, 0.1) is 5.41 Å². The zero-order chi connectivity index (χ0) is 18.6. The van der Waals surface area contributed by atoms with E-state index in [9.17, 15) is 9.59 Å². The van der Waals surface area contributed by atoms with Gasteiger partial charge in [0.15, 0.2) is 0 Å². The van der Waals surface area contributed by atoms with Crippen LogP contribution in [0, 0.1) is 6.92 Å². The Morgan fingerprint density at radius 2 is 2.04 bits per heavy atom. The average molecular weight is 363 g/mol. The number of nitrogens with zero attached hydrogens (tertiary/aromatic N) is 3. The van der Waals surface area contributed by atoms with E-state index in [0.717, 1.165) is 42.0 Å². The van der Waals surface area contributed by atoms with Crippen molar-refractivity contribution in [3.05, 3.63) is 46.9 Å². The Hall–Kier alpha value is -2.96. The van der Waals surface area contributed by atoms with Crippen LogP contribution in [0.1, 0.15) is 40.3 Å². The minimum absolute atomic E-state index is 0.0609. The molecular formula is C20H21N5O2. The number of amides is 2. The third-order valence-electron chi connectivity index (χ3n) is 5.89. The number of para-hydroxylation sites is 1. The van der Waals surface area contributed by atoms with E-state index >= 15 is 0 Å². The minimum atomic E-state index is -0.558. The van der Waals surface area contributed by atoms with E-state index in [1.165, 1.54) is 0 Å². The molecule has 3 aliphatic rings. The summed E-state index contributed by atoms with van der Waals surface area (Å²) in [4.78, 5) is 36.4. The zero-order valence-corrected chi connectivity index (χ0v) is 15.2. The number of anilines is 2. The number of carbonyl (C=O) groups is 2. The smallest absolute Gasteiger partial charge is 0.270 e. The van der Waals surface area contributed by atoms with Crippen LogP contribution in [0.3, 0.4) is 0 Å². The van der Waals surface area contributed by atoms with Crippen LogP contribution < -0.4 is 15.5 Å². The van der Waals surface area contributed by atoms with Crippen molar-refractivity contribution in [2.24, 2.45) is 0 Å². The normalized spacial score (nSPS) is 23.7. The van der Waals surface area contributed by atoms with E-state index in [2.05, 4.69) is 25.5 Å². The molecule has 27 heavy (non-hydrogen) atoms. The molecule has 1 fully saturated rings. The molecule has 1 aromatic heterocycles. The van der Waals surface area contributed by atoms with Gasteiger partial charge in [-0.15, -0.1) is 0 Å². The molecule has 1 saturated heterocycles. The number of fused-ring (bicyclic) bond motifs is 3. The number of nitrogens with one attached hydrogen (secondary N) is 2. The molecule has 5 rings (SSSR count). The molecule has 1 unspecified atom stereocenters. The highest BCUT2D eigenvalue weighted by Gasteiger charge is 2.49. The summed E-state index contributed by atoms with van der Waals surface area (Å²) in [7, 11) is 0. The predicted octanol–water partition coefficient (Wildman–Crippen LogP) is 1.56. The lowest BCUT2D eigenvalue weighted by Gasteiger charge is -2.40. The van der Waals surface area contributed by atoms with Crippen LogP contribution in [-0.2, 0) is 16.6 Å². The number of aryl methyl sites for hydroxylation is 1. The maximum atomic E-state index is 13.0. The average Bonchev–Trinajstić information content (AvgIpc) is 2.94. The topological polar surface area (TPSA) is 87.2 Å². The van der Waals surface area contributed by atoms with Crippen LogP contribution in [0.5, 0.6) is 0 Å². The highest BCUT2D eigenvalue weighted by Crippen LogP contribution is 2.44. The Labute approximate surface area is 157 Å². The number of rotatable bonds is 1. The maximum Gasteiger partial charge on any atom is 0.270 e. The van der Waals surface area contributed by atoms with Gasteiger partial charge in [0, 0.05) is 30.9 Å². The predicted molar refractivity (Wildman–Crippen MR) is 101 cm³/mol. The van der Waals surface area contributed by atoms with Gasteiger partial charge in [0.1, 0.15) is 17.3 Å². The first-order chi connectivity index (χ1) is 13.1. The standard InChI is InChI=1S/C20H21N5O2/c1-12-22-16-13(7-9-21-18(16)26)17(23-12)25-10-4-8-20(11-25)14-5-2-3-6-15(14)24-19(20)27/h2-3,5-6H,4,7-11H2,1H3,(H,21,26)(H,24,27). The van der Waals surface area contributed by atoms with E-state index in [1.54, 1.807) is 0 Å². The van der Waals surface area contributed by atoms with Crippen molar-refractivity contribution in [1.29, 1.82) is 0 Å². The molecule has 2 N–H and O–H groups in total. The van der Waals surface area contributed by atoms with E-state index in [-0.39, 0.29) is 11.8 Å². The van der Waals surface area contributed by atoms with Gasteiger partial charge in [-0.05, 0) is 37.8 Å². The van der Waals surface area contributed by atoms with Crippen molar-refractivity contribution in [1.82, 2.24) is 15.3 Å². The number of benzene rings is 1. The third-order valence-corrected chi connectivity index (χ3v) is 5.89. The summed E-state index contributed by atoms with van der Waals surface area (Å²) in [5.74, 6) is 1.31. The van der Waals surface area contributed by atoms with Crippen molar-refractivity contribution in [2.45, 2.75) is 31.6 Å². The fourth-order valence-electron chi connectivity index (χ4n) is 4.66. The summed E-state index contributed by atoms with van der Waals surface area (Å²) in [6, 6.07) is 7.94. The second kappa shape index (κ2) is 5.77. The number of hydrogen-bond donors (Lipinski definition) is 2. The lowest BCUT2D eigenvalue weighted by Crippen LogP contribution is -2.51. The first kappa shape index (κ1) is 16.2. The molecule has 7 nitrogen and oxygen atoms in total. The second-order valence-electron chi connectivity index (χ2n) is 7.53. The van der Waals surface area contributed by atoms with Crippen LogP contribution >= 0.6 is 0 Å². The van der Waals surface area contributed by atoms with Crippen LogP contribution in [0.15, 0.2) is 24.3 Å². The van der Waals surface area contributed by atoms with Crippen molar-refractivity contribution >= 4 is 23.3 Å². The van der Waals surface area contributed by atoms with Gasteiger partial charge in [-0.25, -0.2) is 9.97 Å². The summed E-state index contributed by atoms with van der Waals surface area (Å²) in [6.45, 7) is 3.79. The monoisotopic (exact) mass is 363 g/mol. The molecule has 4 heterocycles. The molecule has 1 atom stereocenters. The van der Waals surface area contributed by atoms with E-state index < -0.39 is 5.41 Å². The Morgan fingerprint density at radius 3 is 2.93 bits per heavy atom. The summed E-state index contributed by atoms with van der Waals surface area (Å²) in [5.41, 5.74) is 2.78. The van der Waals surface area contributed by atoms with Crippen LogP contribution in [0.4, 0.5) is 11.5 Å². The Balaban J connectivity index is 1.59. The molecule has 7 heteroatoms. The first-order valence-electron chi connectivity index (χ1n) is 9.40. The number of aromatic nitrogens is 2. The second-order valence-corrected chi connectivity index (χ2v) is 7.53. The lowest BCUT2D eigenvalue weighted by molar-refractivity contribution is -0.121. The molecule has 138 valence electrons. The number of hydrogen-bond acceptors (Lipinski definition) is 5. The van der Waals surface area contributed by atoms with Gasteiger partial charge in [0.2, 0.25) is 5.91 Å². The molecule has 0 aliphatic carbocycles. The molecule has 1 aromatic carbocycles. The summed E-state index contributed by atoms with van der Waals surface area (Å²) in [5, 5.41) is 5.90. The molecule has 2 aromatic rings. The molecule has 0 saturated carbocycles. The quantitative estimate of drug-likeness (QED) is 0.803. The van der Waals surface area contributed by atoms with Gasteiger partial charge in [0.25, 0.3) is 5.91 Å². The highest BCUT2D eigenvalue weighted by molar-refractivity contribution is 6.07. The molecule has 3 aliphatic heterocycles. The number of carbonyl (C=O) groups excluding carboxylic acids is 2. The van der Waals surface area contributed by atoms with Crippen molar-refractivity contribution in [2.75, 3.05) is 29.9 Å². The van der Waals surface area contributed by atoms with Crippen molar-refractivity contribution in [3.8, 4) is 0 Å². The van der Waals surface area contributed by atoms with Gasteiger partial charge >= 0.3 is 0 Å². The number of piperidine rings is 1. The van der Waals surface area contributed by atoms with E-state index in [0.29, 0.717) is 31.0 Å². The SMILES string of the molecule is Cc1nc2c(c(N3CCCC4(C3)C(=O)Nc3ccccc34)n1)CCNC2=O. The molecule has 0 radical (unpaired) electrons. The van der Waals surface area contributed by atoms with Gasteiger partial charge in [-0.2, -0.15) is 0 Å². The summed E-state index contributed by atoms with van der Waals surface area (Å²) >= 11 is 0. The minimum Gasteiger partial charge on any atom is -0.355 e. The zero-order valence-electron chi connectivity index (χ0n) is 15.2. The van der Waals surface area contributed by atoms with Crippen LogP contribution in [0.25, 0.3) is 0 Å². The summed E-state index contributed by atoms with van der Waals surface area (Å²) < 4.78 is 0. The molecule has 0 bridgehead atoms. The van der Waals surface area contributed by atoms with Crippen molar-refractivity contribution < 1.29 is 9.59 Å². The Kier molecular flexibility index (Phi) is 3.47. The van der Waals surface area contributed by atoms with Gasteiger partial charge in [-0.1, -0.05) is 18.2 Å². The van der Waals surface area contributed by atoms with E-state index in [4.69, 9.17) is 0 Å². The van der Waals surface area contributed by atoms with Gasteiger partial charge in [-0.3, -0.25) is 9.59 Å². The lowest BCUT2D eigenvalue weighted by atomic mass is 9.75. The molecular weight excluding hydrogens is 342 g/mol. The fraction of sp³-hybridized carbons (Fsp3) is 0.400. The Bertz CT molecular complexity index is 973. The maximum absolute atomic E-state index is 13.0.